The van der Waals surface area contributed by atoms with Gasteiger partial charge in [0.1, 0.15) is 11.8 Å². The second kappa shape index (κ2) is 6.46. The average Bonchev–Trinajstić information content (AvgIpc) is 2.92. The molecule has 19 heavy (non-hydrogen) atoms. The van der Waals surface area contributed by atoms with Gasteiger partial charge in [-0.3, -0.25) is 0 Å². The van der Waals surface area contributed by atoms with E-state index in [2.05, 4.69) is 11.2 Å². The van der Waals surface area contributed by atoms with Gasteiger partial charge in [-0.25, -0.2) is 0 Å². The third-order valence-electron chi connectivity index (χ3n) is 2.48. The SMILES string of the molecule is N#Cc1ccc(Cl)cc1OC(CCCl)c1ccno1. The van der Waals surface area contributed by atoms with Crippen molar-refractivity contribution in [2.24, 2.45) is 0 Å². The summed E-state index contributed by atoms with van der Waals surface area (Å²) in [5.74, 6) is 1.36. The van der Waals surface area contributed by atoms with E-state index in [4.69, 9.17) is 37.7 Å². The normalized spacial score (nSPS) is 11.8. The molecule has 0 radical (unpaired) electrons. The number of rotatable bonds is 5. The van der Waals surface area contributed by atoms with Gasteiger partial charge in [0.15, 0.2) is 11.9 Å². The van der Waals surface area contributed by atoms with Crippen molar-refractivity contribution in [1.82, 2.24) is 5.16 Å². The molecule has 0 spiro atoms. The molecule has 6 heteroatoms. The molecule has 0 aliphatic rings. The van der Waals surface area contributed by atoms with Crippen LogP contribution < -0.4 is 4.74 Å². The van der Waals surface area contributed by atoms with Crippen molar-refractivity contribution in [3.63, 3.8) is 0 Å². The van der Waals surface area contributed by atoms with E-state index in [1.54, 1.807) is 24.3 Å². The molecule has 98 valence electrons. The van der Waals surface area contributed by atoms with Crippen molar-refractivity contribution in [3.05, 3.63) is 46.8 Å². The molecule has 4 nitrogen and oxygen atoms in total. The van der Waals surface area contributed by atoms with Crippen LogP contribution in [-0.4, -0.2) is 11.0 Å². The lowest BCUT2D eigenvalue weighted by Crippen LogP contribution is -2.08. The van der Waals surface area contributed by atoms with Crippen molar-refractivity contribution in [2.45, 2.75) is 12.5 Å². The minimum Gasteiger partial charge on any atom is -0.481 e. The summed E-state index contributed by atoms with van der Waals surface area (Å²) in [5, 5.41) is 13.2. The van der Waals surface area contributed by atoms with E-state index < -0.39 is 6.10 Å². The molecule has 0 saturated carbocycles. The second-order valence-corrected chi connectivity index (χ2v) is 4.57. The zero-order chi connectivity index (χ0) is 13.7. The number of aromatic nitrogens is 1. The molecule has 0 aliphatic heterocycles. The Bertz CT molecular complexity index is 579. The first kappa shape index (κ1) is 13.7. The molecule has 1 heterocycles. The summed E-state index contributed by atoms with van der Waals surface area (Å²) < 4.78 is 10.9. The summed E-state index contributed by atoms with van der Waals surface area (Å²) in [7, 11) is 0. The summed E-state index contributed by atoms with van der Waals surface area (Å²) in [6, 6.07) is 8.59. The molecule has 1 atom stereocenters. The summed E-state index contributed by atoms with van der Waals surface area (Å²) in [5.41, 5.74) is 0.406. The van der Waals surface area contributed by atoms with Crippen LogP contribution in [0.4, 0.5) is 0 Å². The van der Waals surface area contributed by atoms with Gasteiger partial charge in [0.25, 0.3) is 0 Å². The minimum absolute atomic E-state index is 0.397. The zero-order valence-electron chi connectivity index (χ0n) is 9.85. The van der Waals surface area contributed by atoms with Crippen molar-refractivity contribution < 1.29 is 9.26 Å². The van der Waals surface area contributed by atoms with Crippen LogP contribution >= 0.6 is 23.2 Å². The summed E-state index contributed by atoms with van der Waals surface area (Å²) in [6.07, 6.45) is 1.67. The Balaban J connectivity index is 2.27. The molecule has 0 aliphatic carbocycles. The number of benzene rings is 1. The van der Waals surface area contributed by atoms with Gasteiger partial charge < -0.3 is 9.26 Å². The fourth-order valence-corrected chi connectivity index (χ4v) is 1.95. The monoisotopic (exact) mass is 296 g/mol. The van der Waals surface area contributed by atoms with E-state index in [9.17, 15) is 0 Å². The van der Waals surface area contributed by atoms with Gasteiger partial charge in [-0.2, -0.15) is 5.26 Å². The summed E-state index contributed by atoms with van der Waals surface area (Å²) in [4.78, 5) is 0. The van der Waals surface area contributed by atoms with Crippen LogP contribution in [0.5, 0.6) is 5.75 Å². The van der Waals surface area contributed by atoms with Crippen molar-refractivity contribution >= 4 is 23.2 Å². The number of nitriles is 1. The molecule has 2 aromatic rings. The number of hydrogen-bond donors (Lipinski definition) is 0. The van der Waals surface area contributed by atoms with Gasteiger partial charge in [-0.15, -0.1) is 11.6 Å². The van der Waals surface area contributed by atoms with Crippen LogP contribution in [0.25, 0.3) is 0 Å². The van der Waals surface area contributed by atoms with Crippen LogP contribution in [0, 0.1) is 11.3 Å². The summed E-state index contributed by atoms with van der Waals surface area (Å²) >= 11 is 11.7. The lowest BCUT2D eigenvalue weighted by atomic mass is 10.2. The third-order valence-corrected chi connectivity index (χ3v) is 2.93. The van der Waals surface area contributed by atoms with Crippen LogP contribution in [0.2, 0.25) is 5.02 Å². The van der Waals surface area contributed by atoms with Crippen LogP contribution in [0.15, 0.2) is 35.0 Å². The van der Waals surface area contributed by atoms with E-state index in [0.717, 1.165) is 0 Å². The Morgan fingerprint density at radius 2 is 2.26 bits per heavy atom. The Labute approximate surface area is 120 Å². The molecule has 1 aromatic carbocycles. The highest BCUT2D eigenvalue weighted by Crippen LogP contribution is 2.29. The Hall–Kier alpha value is -1.70. The van der Waals surface area contributed by atoms with Gasteiger partial charge in [0.2, 0.25) is 0 Å². The highest BCUT2D eigenvalue weighted by atomic mass is 35.5. The third kappa shape index (κ3) is 3.40. The number of halogens is 2. The first-order chi connectivity index (χ1) is 9.24. The van der Waals surface area contributed by atoms with E-state index in [1.165, 1.54) is 6.20 Å². The average molecular weight is 297 g/mol. The van der Waals surface area contributed by atoms with E-state index in [1.807, 2.05) is 0 Å². The Morgan fingerprint density at radius 3 is 2.89 bits per heavy atom. The quantitative estimate of drug-likeness (QED) is 0.784. The van der Waals surface area contributed by atoms with Gasteiger partial charge in [0.05, 0.1) is 11.8 Å². The fourth-order valence-electron chi connectivity index (χ4n) is 1.59. The number of alkyl halides is 1. The fraction of sp³-hybridized carbons (Fsp3) is 0.231. The van der Waals surface area contributed by atoms with Crippen LogP contribution in [-0.2, 0) is 0 Å². The highest BCUT2D eigenvalue weighted by molar-refractivity contribution is 6.30. The second-order valence-electron chi connectivity index (χ2n) is 3.75. The Kier molecular flexibility index (Phi) is 4.67. The molecule has 2 rings (SSSR count). The smallest absolute Gasteiger partial charge is 0.177 e. The lowest BCUT2D eigenvalue weighted by Gasteiger charge is -2.16. The standard InChI is InChI=1S/C13H10Cl2N2O2/c14-5-3-11(12-4-6-17-19-12)18-13-7-10(15)2-1-9(13)8-16/h1-2,4,6-7,11H,3,5H2. The molecular formula is C13H10Cl2N2O2. The minimum atomic E-state index is -0.398. The lowest BCUT2D eigenvalue weighted by molar-refractivity contribution is 0.160. The highest BCUT2D eigenvalue weighted by Gasteiger charge is 2.18. The van der Waals surface area contributed by atoms with E-state index >= 15 is 0 Å². The van der Waals surface area contributed by atoms with E-state index in [-0.39, 0.29) is 0 Å². The predicted molar refractivity (Wildman–Crippen MR) is 71.4 cm³/mol. The van der Waals surface area contributed by atoms with Gasteiger partial charge in [-0.05, 0) is 12.1 Å². The number of nitrogens with zero attached hydrogens (tertiary/aromatic N) is 2. The van der Waals surface area contributed by atoms with Crippen LogP contribution in [0.3, 0.4) is 0 Å². The van der Waals surface area contributed by atoms with Crippen molar-refractivity contribution in [2.75, 3.05) is 5.88 Å². The molecule has 0 amide bonds. The van der Waals surface area contributed by atoms with Gasteiger partial charge in [-0.1, -0.05) is 16.8 Å². The summed E-state index contributed by atoms with van der Waals surface area (Å²) in [6.45, 7) is 0. The van der Waals surface area contributed by atoms with Crippen LogP contribution in [0.1, 0.15) is 23.8 Å². The zero-order valence-corrected chi connectivity index (χ0v) is 11.4. The first-order valence-electron chi connectivity index (χ1n) is 5.57. The van der Waals surface area contributed by atoms with Crippen molar-refractivity contribution in [1.29, 1.82) is 5.26 Å². The number of hydrogen-bond acceptors (Lipinski definition) is 4. The Morgan fingerprint density at radius 1 is 1.42 bits per heavy atom. The number of ether oxygens (including phenoxy) is 1. The molecule has 0 fully saturated rings. The molecular weight excluding hydrogens is 287 g/mol. The topological polar surface area (TPSA) is 59.0 Å². The van der Waals surface area contributed by atoms with Gasteiger partial charge >= 0.3 is 0 Å². The maximum Gasteiger partial charge on any atom is 0.177 e. The van der Waals surface area contributed by atoms with Crippen molar-refractivity contribution in [3.8, 4) is 11.8 Å². The van der Waals surface area contributed by atoms with E-state index in [0.29, 0.717) is 34.4 Å². The largest absolute Gasteiger partial charge is 0.481 e. The molecule has 1 aromatic heterocycles. The molecule has 1 unspecified atom stereocenters. The molecule has 0 bridgehead atoms. The molecule has 0 N–H and O–H groups in total. The predicted octanol–water partition coefficient (Wildman–Crippen LogP) is 3.95. The molecule has 0 saturated heterocycles. The maximum absolute atomic E-state index is 9.05. The maximum atomic E-state index is 9.05. The first-order valence-corrected chi connectivity index (χ1v) is 6.48. The van der Waals surface area contributed by atoms with Gasteiger partial charge in [0, 0.05) is 29.5 Å².